The first kappa shape index (κ1) is 16.2. The molecule has 0 heterocycles. The first-order chi connectivity index (χ1) is 11.2. The van der Waals surface area contributed by atoms with Gasteiger partial charge in [-0.3, -0.25) is 9.59 Å². The summed E-state index contributed by atoms with van der Waals surface area (Å²) in [6.45, 7) is 0.439. The molecular weight excluding hydrogens is 288 g/mol. The molecule has 0 spiro atoms. The molecule has 4 rings (SSSR count). The fourth-order valence-electron chi connectivity index (χ4n) is 3.90. The summed E-state index contributed by atoms with van der Waals surface area (Å²) in [5, 5.41) is 0. The highest BCUT2D eigenvalue weighted by molar-refractivity contribution is 5.84. The summed E-state index contributed by atoms with van der Waals surface area (Å²) in [6, 6.07) is 10.0. The molecule has 124 valence electrons. The van der Waals surface area contributed by atoms with Gasteiger partial charge in [-0.25, -0.2) is 0 Å². The first-order valence-electron chi connectivity index (χ1n) is 8.95. The second kappa shape index (κ2) is 7.76. The average molecular weight is 314 g/mol. The fourth-order valence-corrected chi connectivity index (χ4v) is 3.90. The van der Waals surface area contributed by atoms with Crippen LogP contribution in [0.1, 0.15) is 50.5 Å². The van der Waals surface area contributed by atoms with Gasteiger partial charge < -0.3 is 4.74 Å². The van der Waals surface area contributed by atoms with Crippen LogP contribution < -0.4 is 0 Å². The molecule has 3 heteroatoms. The maximum atomic E-state index is 12.3. The average Bonchev–Trinajstić information content (AvgIpc) is 2.76. The Balaban J connectivity index is 1.31. The third-order valence-corrected chi connectivity index (χ3v) is 5.39. The van der Waals surface area contributed by atoms with Crippen LogP contribution in [-0.2, 0) is 20.7 Å². The molecule has 23 heavy (non-hydrogen) atoms. The second-order valence-electron chi connectivity index (χ2n) is 7.06. The molecule has 1 aromatic carbocycles. The maximum absolute atomic E-state index is 12.3. The number of ketones is 1. The predicted octanol–water partition coefficient (Wildman–Crippen LogP) is 3.95. The topological polar surface area (TPSA) is 43.4 Å². The number of carbonyl (C=O) groups excluding carboxylic acids is 2. The number of Topliss-reactive ketones (excluding diaryl/α,β-unsaturated/α-hetero) is 1. The van der Waals surface area contributed by atoms with Crippen LogP contribution in [0.15, 0.2) is 30.3 Å². The van der Waals surface area contributed by atoms with E-state index in [1.807, 2.05) is 30.3 Å². The number of carbonyl (C=O) groups is 2. The molecule has 3 fully saturated rings. The highest BCUT2D eigenvalue weighted by atomic mass is 16.5. The van der Waals surface area contributed by atoms with E-state index in [1.165, 1.54) is 12.0 Å². The molecule has 3 aliphatic carbocycles. The minimum absolute atomic E-state index is 0.133. The van der Waals surface area contributed by atoms with Crippen LogP contribution in [0, 0.1) is 17.8 Å². The molecule has 0 aromatic heterocycles. The number of esters is 1. The van der Waals surface area contributed by atoms with E-state index in [-0.39, 0.29) is 11.9 Å². The highest BCUT2D eigenvalue weighted by Crippen LogP contribution is 2.44. The summed E-state index contributed by atoms with van der Waals surface area (Å²) >= 11 is 0. The van der Waals surface area contributed by atoms with Gasteiger partial charge in [0.1, 0.15) is 5.78 Å². The summed E-state index contributed by atoms with van der Waals surface area (Å²) in [7, 11) is 0. The fraction of sp³-hybridized carbons (Fsp3) is 0.600. The number of hydrogen-bond donors (Lipinski definition) is 0. The molecule has 3 aliphatic rings. The van der Waals surface area contributed by atoms with Crippen molar-refractivity contribution in [1.82, 2.24) is 0 Å². The third-order valence-electron chi connectivity index (χ3n) is 5.39. The van der Waals surface area contributed by atoms with Gasteiger partial charge in [0, 0.05) is 24.7 Å². The van der Waals surface area contributed by atoms with E-state index in [4.69, 9.17) is 4.74 Å². The van der Waals surface area contributed by atoms with Gasteiger partial charge in [-0.15, -0.1) is 0 Å². The zero-order chi connectivity index (χ0) is 16.1. The number of hydrogen-bond acceptors (Lipinski definition) is 3. The SMILES string of the molecule is O=C(CCCC1CCC2CC(C2)C1=O)OCCc1ccccc1. The van der Waals surface area contributed by atoms with E-state index in [0.29, 0.717) is 24.7 Å². The van der Waals surface area contributed by atoms with Gasteiger partial charge in [0.2, 0.25) is 0 Å². The Hall–Kier alpha value is -1.64. The van der Waals surface area contributed by atoms with Crippen LogP contribution in [0.4, 0.5) is 0 Å². The van der Waals surface area contributed by atoms with E-state index in [1.54, 1.807) is 0 Å². The van der Waals surface area contributed by atoms with Crippen molar-refractivity contribution in [1.29, 1.82) is 0 Å². The molecule has 0 aliphatic heterocycles. The standard InChI is InChI=1S/C20H26O3/c21-19(23-12-11-15-5-2-1-3-6-15)8-4-7-17-10-9-16-13-18(14-16)20(17)22/h1-3,5-6,16-18H,4,7-14H2. The number of rotatable bonds is 7. The molecule has 1 atom stereocenters. The van der Waals surface area contributed by atoms with Crippen molar-refractivity contribution in [3.05, 3.63) is 35.9 Å². The highest BCUT2D eigenvalue weighted by Gasteiger charge is 2.40. The zero-order valence-corrected chi connectivity index (χ0v) is 13.7. The molecule has 3 nitrogen and oxygen atoms in total. The Morgan fingerprint density at radius 1 is 1.13 bits per heavy atom. The van der Waals surface area contributed by atoms with Crippen molar-refractivity contribution in [3.8, 4) is 0 Å². The number of benzene rings is 1. The van der Waals surface area contributed by atoms with Crippen molar-refractivity contribution in [2.75, 3.05) is 6.61 Å². The first-order valence-corrected chi connectivity index (χ1v) is 8.95. The number of fused-ring (bicyclic) bond motifs is 3. The molecule has 0 N–H and O–H groups in total. The lowest BCUT2D eigenvalue weighted by atomic mass is 9.73. The van der Waals surface area contributed by atoms with Crippen LogP contribution in [0.5, 0.6) is 0 Å². The van der Waals surface area contributed by atoms with Crippen LogP contribution in [0.3, 0.4) is 0 Å². The van der Waals surface area contributed by atoms with Gasteiger partial charge in [-0.2, -0.15) is 0 Å². The van der Waals surface area contributed by atoms with Gasteiger partial charge in [0.15, 0.2) is 0 Å². The Kier molecular flexibility index (Phi) is 5.47. The second-order valence-corrected chi connectivity index (χ2v) is 7.06. The molecule has 0 saturated heterocycles. The van der Waals surface area contributed by atoms with Crippen LogP contribution in [0.25, 0.3) is 0 Å². The van der Waals surface area contributed by atoms with Gasteiger partial charge in [0.25, 0.3) is 0 Å². The van der Waals surface area contributed by atoms with Crippen LogP contribution in [0.2, 0.25) is 0 Å². The lowest BCUT2D eigenvalue weighted by Gasteiger charge is -2.31. The van der Waals surface area contributed by atoms with E-state index >= 15 is 0 Å². The smallest absolute Gasteiger partial charge is 0.305 e. The minimum atomic E-state index is -0.133. The lowest BCUT2D eigenvalue weighted by Crippen LogP contribution is -2.29. The van der Waals surface area contributed by atoms with Crippen molar-refractivity contribution in [2.45, 2.75) is 51.4 Å². The molecule has 0 radical (unpaired) electrons. The Morgan fingerprint density at radius 2 is 1.91 bits per heavy atom. The van der Waals surface area contributed by atoms with Gasteiger partial charge >= 0.3 is 5.97 Å². The lowest BCUT2D eigenvalue weighted by molar-refractivity contribution is -0.144. The molecule has 3 saturated carbocycles. The van der Waals surface area contributed by atoms with Crippen LogP contribution in [-0.4, -0.2) is 18.4 Å². The molecular formula is C20H26O3. The summed E-state index contributed by atoms with van der Waals surface area (Å²) in [6.07, 6.45) is 7.31. The van der Waals surface area contributed by atoms with E-state index < -0.39 is 0 Å². The van der Waals surface area contributed by atoms with Gasteiger partial charge in [0.05, 0.1) is 6.61 Å². The quantitative estimate of drug-likeness (QED) is 0.716. The molecule has 1 aromatic rings. The normalized spacial score (nSPS) is 26.3. The molecule has 1 unspecified atom stereocenters. The van der Waals surface area contributed by atoms with Crippen molar-refractivity contribution in [2.24, 2.45) is 17.8 Å². The molecule has 0 amide bonds. The Labute approximate surface area is 138 Å². The maximum Gasteiger partial charge on any atom is 0.305 e. The Morgan fingerprint density at radius 3 is 2.70 bits per heavy atom. The summed E-state index contributed by atoms with van der Waals surface area (Å²) < 4.78 is 5.29. The minimum Gasteiger partial charge on any atom is -0.465 e. The third kappa shape index (κ3) is 4.43. The Bertz CT molecular complexity index is 531. The largest absolute Gasteiger partial charge is 0.465 e. The monoisotopic (exact) mass is 314 g/mol. The van der Waals surface area contributed by atoms with Crippen LogP contribution >= 0.6 is 0 Å². The summed E-state index contributed by atoms with van der Waals surface area (Å²) in [5.74, 6) is 1.68. The van der Waals surface area contributed by atoms with E-state index in [2.05, 4.69) is 0 Å². The van der Waals surface area contributed by atoms with Crippen molar-refractivity contribution in [3.63, 3.8) is 0 Å². The summed E-state index contributed by atoms with van der Waals surface area (Å²) in [4.78, 5) is 24.1. The predicted molar refractivity (Wildman–Crippen MR) is 88.9 cm³/mol. The van der Waals surface area contributed by atoms with Gasteiger partial charge in [-0.05, 0) is 50.0 Å². The summed E-state index contributed by atoms with van der Waals surface area (Å²) in [5.41, 5.74) is 1.18. The zero-order valence-electron chi connectivity index (χ0n) is 13.7. The van der Waals surface area contributed by atoms with E-state index in [9.17, 15) is 9.59 Å². The van der Waals surface area contributed by atoms with Crippen molar-refractivity contribution < 1.29 is 14.3 Å². The van der Waals surface area contributed by atoms with Gasteiger partial charge in [-0.1, -0.05) is 30.3 Å². The van der Waals surface area contributed by atoms with Crippen molar-refractivity contribution >= 4 is 11.8 Å². The molecule has 2 bridgehead atoms. The number of ether oxygens (including phenoxy) is 1. The van der Waals surface area contributed by atoms with E-state index in [0.717, 1.165) is 44.4 Å².